The summed E-state index contributed by atoms with van der Waals surface area (Å²) in [6.07, 6.45) is 3.48. The van der Waals surface area contributed by atoms with E-state index in [2.05, 4.69) is 15.9 Å². The molecule has 3 nitrogen and oxygen atoms in total. The lowest BCUT2D eigenvalue weighted by atomic mass is 9.75. The van der Waals surface area contributed by atoms with Crippen molar-refractivity contribution in [1.82, 2.24) is 0 Å². The van der Waals surface area contributed by atoms with Gasteiger partial charge in [-0.15, -0.1) is 0 Å². The van der Waals surface area contributed by atoms with Gasteiger partial charge in [-0.3, -0.25) is 4.79 Å². The van der Waals surface area contributed by atoms with E-state index in [4.69, 9.17) is 9.47 Å². The number of carbonyl (C=O) groups excluding carboxylic acids is 1. The number of hydrogen-bond donors (Lipinski definition) is 0. The maximum atomic E-state index is 12.7. The third kappa shape index (κ3) is 2.63. The van der Waals surface area contributed by atoms with Gasteiger partial charge < -0.3 is 9.47 Å². The summed E-state index contributed by atoms with van der Waals surface area (Å²) < 4.78 is 12.0. The number of aryl methyl sites for hydroxylation is 1. The maximum Gasteiger partial charge on any atom is 0.169 e. The molecule has 0 spiro atoms. The van der Waals surface area contributed by atoms with Crippen LogP contribution in [0.2, 0.25) is 0 Å². The van der Waals surface area contributed by atoms with E-state index in [0.717, 1.165) is 34.9 Å². The van der Waals surface area contributed by atoms with Crippen molar-refractivity contribution in [1.29, 1.82) is 0 Å². The number of carbonyl (C=O) groups is 1. The average Bonchev–Trinajstić information content (AvgIpc) is 2.37. The molecule has 0 unspecified atom stereocenters. The van der Waals surface area contributed by atoms with E-state index >= 15 is 0 Å². The van der Waals surface area contributed by atoms with Gasteiger partial charge in [-0.25, -0.2) is 0 Å². The molecule has 0 bridgehead atoms. The van der Waals surface area contributed by atoms with Crippen LogP contribution in [0.4, 0.5) is 0 Å². The van der Waals surface area contributed by atoms with Crippen LogP contribution in [0.1, 0.15) is 47.2 Å². The fourth-order valence-corrected chi connectivity index (χ4v) is 3.40. The van der Waals surface area contributed by atoms with Crippen molar-refractivity contribution in [2.45, 2.75) is 45.1 Å². The van der Waals surface area contributed by atoms with Gasteiger partial charge in [-0.2, -0.15) is 0 Å². The van der Waals surface area contributed by atoms with Gasteiger partial charge in [0.2, 0.25) is 0 Å². The van der Waals surface area contributed by atoms with Crippen molar-refractivity contribution < 1.29 is 14.3 Å². The number of rotatable bonds is 5. The first-order valence-electron chi connectivity index (χ1n) is 6.86. The monoisotopic (exact) mass is 340 g/mol. The van der Waals surface area contributed by atoms with Gasteiger partial charge in [-0.1, -0.05) is 15.9 Å². The molecule has 0 N–H and O–H groups in total. The zero-order valence-corrected chi connectivity index (χ0v) is 14.1. The van der Waals surface area contributed by atoms with Gasteiger partial charge in [-0.05, 0) is 50.3 Å². The lowest BCUT2D eigenvalue weighted by molar-refractivity contribution is -0.0705. The molecule has 0 radical (unpaired) electrons. The molecule has 0 aliphatic heterocycles. The fraction of sp³-hybridized carbons (Fsp3) is 0.562. The van der Waals surface area contributed by atoms with Crippen LogP contribution in [0.25, 0.3) is 0 Å². The first-order chi connectivity index (χ1) is 9.44. The van der Waals surface area contributed by atoms with Gasteiger partial charge in [0.15, 0.2) is 5.78 Å². The summed E-state index contributed by atoms with van der Waals surface area (Å²) in [5.41, 5.74) is 2.32. The first kappa shape index (κ1) is 15.5. The number of ether oxygens (including phenoxy) is 2. The fourth-order valence-electron chi connectivity index (χ4n) is 2.85. The van der Waals surface area contributed by atoms with E-state index in [1.54, 1.807) is 14.2 Å². The quantitative estimate of drug-likeness (QED) is 0.753. The normalized spacial score (nSPS) is 16.6. The Labute approximate surface area is 128 Å². The number of Topliss-reactive ketones (excluding diaryl/α,β-unsaturated/α-hetero) is 1. The highest BCUT2D eigenvalue weighted by Gasteiger charge is 2.40. The van der Waals surface area contributed by atoms with E-state index in [9.17, 15) is 4.79 Å². The molecule has 1 aliphatic rings. The minimum Gasteiger partial charge on any atom is -0.496 e. The van der Waals surface area contributed by atoms with E-state index in [1.807, 2.05) is 19.9 Å². The Hall–Kier alpha value is -0.870. The number of benzene rings is 1. The van der Waals surface area contributed by atoms with Crippen molar-refractivity contribution in [2.24, 2.45) is 0 Å². The van der Waals surface area contributed by atoms with E-state index < -0.39 is 0 Å². The van der Waals surface area contributed by atoms with E-state index in [1.165, 1.54) is 0 Å². The van der Waals surface area contributed by atoms with Crippen LogP contribution in [0.3, 0.4) is 0 Å². The molecular formula is C16H21BrO3. The highest BCUT2D eigenvalue weighted by atomic mass is 79.9. The van der Waals surface area contributed by atoms with Crippen molar-refractivity contribution in [3.05, 3.63) is 27.2 Å². The van der Waals surface area contributed by atoms with E-state index in [0.29, 0.717) is 17.7 Å². The Morgan fingerprint density at radius 3 is 2.45 bits per heavy atom. The Morgan fingerprint density at radius 1 is 1.35 bits per heavy atom. The maximum absolute atomic E-state index is 12.7. The molecular weight excluding hydrogens is 320 g/mol. The van der Waals surface area contributed by atoms with Gasteiger partial charge >= 0.3 is 0 Å². The molecule has 0 saturated heterocycles. The molecule has 1 aromatic rings. The third-order valence-electron chi connectivity index (χ3n) is 4.33. The predicted molar refractivity (Wildman–Crippen MR) is 82.7 cm³/mol. The van der Waals surface area contributed by atoms with Crippen LogP contribution < -0.4 is 4.74 Å². The second kappa shape index (κ2) is 5.86. The molecule has 1 fully saturated rings. The molecule has 110 valence electrons. The molecule has 0 aromatic heterocycles. The standard InChI is InChI=1S/C16H21BrO3/c1-10-8-12(17)11(2)14(15(10)19-3)13(18)9-16(20-4)6-5-7-16/h8H,5-7,9H2,1-4H3. The number of methoxy groups -OCH3 is 2. The van der Waals surface area contributed by atoms with Crippen LogP contribution in [0, 0.1) is 13.8 Å². The average molecular weight is 341 g/mol. The molecule has 4 heteroatoms. The minimum atomic E-state index is -0.259. The molecule has 1 saturated carbocycles. The van der Waals surface area contributed by atoms with Crippen LogP contribution in [-0.4, -0.2) is 25.6 Å². The van der Waals surface area contributed by atoms with Crippen molar-refractivity contribution >= 4 is 21.7 Å². The van der Waals surface area contributed by atoms with Gasteiger partial charge in [0.25, 0.3) is 0 Å². The van der Waals surface area contributed by atoms with Crippen molar-refractivity contribution in [3.8, 4) is 5.75 Å². The van der Waals surface area contributed by atoms with Gasteiger partial charge in [0.05, 0.1) is 18.3 Å². The first-order valence-corrected chi connectivity index (χ1v) is 7.65. The summed E-state index contributed by atoms with van der Waals surface area (Å²) in [7, 11) is 3.31. The highest BCUT2D eigenvalue weighted by Crippen LogP contribution is 2.41. The highest BCUT2D eigenvalue weighted by molar-refractivity contribution is 9.10. The van der Waals surface area contributed by atoms with E-state index in [-0.39, 0.29) is 11.4 Å². The molecule has 0 atom stereocenters. The Balaban J connectivity index is 2.38. The molecule has 1 aliphatic carbocycles. The summed E-state index contributed by atoms with van der Waals surface area (Å²) in [5.74, 6) is 0.784. The smallest absolute Gasteiger partial charge is 0.169 e. The topological polar surface area (TPSA) is 35.5 Å². The Bertz CT molecular complexity index is 528. The van der Waals surface area contributed by atoms with Crippen LogP contribution in [0.5, 0.6) is 5.75 Å². The molecule has 1 aromatic carbocycles. The lowest BCUT2D eigenvalue weighted by Gasteiger charge is -2.40. The predicted octanol–water partition coefficient (Wildman–Crippen LogP) is 4.22. The molecule has 2 rings (SSSR count). The number of halogens is 1. The van der Waals surface area contributed by atoms with Gasteiger partial charge in [0.1, 0.15) is 5.75 Å². The number of hydrogen-bond acceptors (Lipinski definition) is 3. The zero-order chi connectivity index (χ0) is 14.9. The third-order valence-corrected chi connectivity index (χ3v) is 5.15. The van der Waals surface area contributed by atoms with Crippen LogP contribution in [0.15, 0.2) is 10.5 Å². The summed E-state index contributed by atoms with van der Waals surface area (Å²) in [6, 6.07) is 1.99. The molecule has 20 heavy (non-hydrogen) atoms. The van der Waals surface area contributed by atoms with Gasteiger partial charge in [0, 0.05) is 18.0 Å². The second-order valence-electron chi connectivity index (χ2n) is 5.55. The van der Waals surface area contributed by atoms with Crippen LogP contribution in [-0.2, 0) is 4.74 Å². The Kier molecular flexibility index (Phi) is 4.55. The van der Waals surface area contributed by atoms with Crippen molar-refractivity contribution in [2.75, 3.05) is 14.2 Å². The zero-order valence-electron chi connectivity index (χ0n) is 12.5. The largest absolute Gasteiger partial charge is 0.496 e. The molecule has 0 amide bonds. The lowest BCUT2D eigenvalue weighted by Crippen LogP contribution is -2.41. The summed E-state index contributed by atoms with van der Waals surface area (Å²) in [4.78, 5) is 12.7. The second-order valence-corrected chi connectivity index (χ2v) is 6.40. The molecule has 0 heterocycles. The van der Waals surface area contributed by atoms with Crippen LogP contribution >= 0.6 is 15.9 Å². The SMILES string of the molecule is COc1c(C)cc(Br)c(C)c1C(=O)CC1(OC)CCC1. The minimum absolute atomic E-state index is 0.102. The number of ketones is 1. The summed E-state index contributed by atoms with van der Waals surface area (Å²) in [6.45, 7) is 3.90. The van der Waals surface area contributed by atoms with Crippen molar-refractivity contribution in [3.63, 3.8) is 0 Å². The summed E-state index contributed by atoms with van der Waals surface area (Å²) in [5, 5.41) is 0. The Morgan fingerprint density at radius 2 is 2.00 bits per heavy atom. The summed E-state index contributed by atoms with van der Waals surface area (Å²) >= 11 is 3.52.